The molecule has 1 amide bonds. The number of phosphoric acid groups is 1. The molecule has 0 aromatic carbocycles. The highest BCUT2D eigenvalue weighted by Crippen LogP contribution is 2.43. The highest BCUT2D eigenvalue weighted by atomic mass is 31.2. The minimum Gasteiger partial charge on any atom is -0.391 e. The quantitative estimate of drug-likeness (QED) is 0.0755. The van der Waals surface area contributed by atoms with Gasteiger partial charge in [-0.2, -0.15) is 0 Å². The molecule has 216 valence electrons. The maximum absolute atomic E-state index is 12.4. The van der Waals surface area contributed by atoms with E-state index in [9.17, 15) is 19.4 Å². The summed E-state index contributed by atoms with van der Waals surface area (Å²) < 4.78 is 23.2. The Balaban J connectivity index is 4.54. The van der Waals surface area contributed by atoms with Crippen molar-refractivity contribution in [3.05, 3.63) is 0 Å². The number of hydrogen-bond donors (Lipinski definition) is 3. The summed E-state index contributed by atoms with van der Waals surface area (Å²) in [4.78, 5) is 22.5. The van der Waals surface area contributed by atoms with E-state index in [1.54, 1.807) is 0 Å². The van der Waals surface area contributed by atoms with Gasteiger partial charge < -0.3 is 19.8 Å². The summed E-state index contributed by atoms with van der Waals surface area (Å²) in [5.41, 5.74) is 0. The third kappa shape index (κ3) is 22.7. The fraction of sp³-hybridized carbons (Fsp3) is 0.963. The van der Waals surface area contributed by atoms with Crippen LogP contribution in [-0.4, -0.2) is 73.4 Å². The highest BCUT2D eigenvalue weighted by Gasteiger charge is 2.28. The van der Waals surface area contributed by atoms with Gasteiger partial charge in [0.05, 0.1) is 39.9 Å². The molecule has 0 fully saturated rings. The molecule has 0 aliphatic rings. The Morgan fingerprint density at radius 2 is 1.33 bits per heavy atom. The van der Waals surface area contributed by atoms with Crippen LogP contribution in [0.25, 0.3) is 0 Å². The number of phosphoric ester groups is 1. The zero-order valence-corrected chi connectivity index (χ0v) is 24.9. The summed E-state index contributed by atoms with van der Waals surface area (Å²) in [6, 6.07) is -0.746. The van der Waals surface area contributed by atoms with Crippen molar-refractivity contribution < 1.29 is 32.9 Å². The first-order chi connectivity index (χ1) is 17.0. The lowest BCUT2D eigenvalue weighted by atomic mass is 10.0. The van der Waals surface area contributed by atoms with Crippen molar-refractivity contribution in [3.63, 3.8) is 0 Å². The number of aliphatic hydroxyl groups is 1. The number of amides is 1. The first-order valence-electron chi connectivity index (χ1n) is 14.4. The minimum absolute atomic E-state index is 0.0763. The van der Waals surface area contributed by atoms with Crippen LogP contribution in [0.4, 0.5) is 0 Å². The average molecular weight is 538 g/mol. The van der Waals surface area contributed by atoms with Crippen molar-refractivity contribution in [1.82, 2.24) is 5.32 Å². The second-order valence-electron chi connectivity index (χ2n) is 11.1. The van der Waals surface area contributed by atoms with E-state index in [1.165, 1.54) is 44.9 Å². The van der Waals surface area contributed by atoms with Crippen molar-refractivity contribution in [2.45, 2.75) is 129 Å². The molecule has 0 aliphatic carbocycles. The third-order valence-corrected chi connectivity index (χ3v) is 7.34. The Morgan fingerprint density at radius 3 is 1.86 bits per heavy atom. The first kappa shape index (κ1) is 35.5. The van der Waals surface area contributed by atoms with Gasteiger partial charge in [-0.1, -0.05) is 97.3 Å². The first-order valence-corrected chi connectivity index (χ1v) is 15.9. The number of carbonyl (C=O) groups excluding carboxylic acids is 1. The third-order valence-electron chi connectivity index (χ3n) is 6.36. The van der Waals surface area contributed by atoms with Crippen LogP contribution < -0.4 is 5.32 Å². The predicted octanol–water partition coefficient (Wildman–Crippen LogP) is 5.95. The average Bonchev–Trinajstić information content (AvgIpc) is 2.79. The summed E-state index contributed by atoms with van der Waals surface area (Å²) in [5, 5.41) is 13.6. The number of likely N-dealkylation sites (N-methyl/N-ethyl adjacent to an activating group) is 1. The molecule has 0 saturated heterocycles. The summed E-state index contributed by atoms with van der Waals surface area (Å²) in [6.07, 6.45) is 16.0. The maximum Gasteiger partial charge on any atom is 0.472 e. The molecule has 0 aromatic rings. The zero-order valence-electron chi connectivity index (χ0n) is 24.0. The fourth-order valence-corrected chi connectivity index (χ4v) is 4.66. The summed E-state index contributed by atoms with van der Waals surface area (Å²) in [6.45, 7) is 4.71. The predicted molar refractivity (Wildman–Crippen MR) is 148 cm³/mol. The number of unbranched alkanes of at least 4 members (excludes halogenated alkanes) is 12. The molecule has 3 atom stereocenters. The van der Waals surface area contributed by atoms with Crippen LogP contribution in [-0.2, 0) is 18.4 Å². The van der Waals surface area contributed by atoms with Crippen molar-refractivity contribution in [1.29, 1.82) is 0 Å². The molecule has 8 nitrogen and oxygen atoms in total. The Bertz CT molecular complexity index is 585. The molecule has 0 radical (unpaired) electrons. The van der Waals surface area contributed by atoms with Gasteiger partial charge in [-0.3, -0.25) is 13.8 Å². The molecule has 0 rings (SSSR count). The number of hydrogen-bond acceptors (Lipinski definition) is 5. The topological polar surface area (TPSA) is 105 Å². The van der Waals surface area contributed by atoms with E-state index in [0.29, 0.717) is 23.9 Å². The van der Waals surface area contributed by atoms with E-state index in [2.05, 4.69) is 19.2 Å². The number of nitrogens with one attached hydrogen (secondary N) is 1. The van der Waals surface area contributed by atoms with Crippen LogP contribution in [0.2, 0.25) is 0 Å². The molecular formula is C27H58N2O6P+. The van der Waals surface area contributed by atoms with E-state index in [0.717, 1.165) is 44.9 Å². The number of aliphatic hydroxyl groups excluding tert-OH is 1. The van der Waals surface area contributed by atoms with E-state index in [-0.39, 0.29) is 19.1 Å². The van der Waals surface area contributed by atoms with Gasteiger partial charge >= 0.3 is 7.82 Å². The largest absolute Gasteiger partial charge is 0.472 e. The maximum atomic E-state index is 12.4. The molecule has 0 saturated carbocycles. The summed E-state index contributed by atoms with van der Waals surface area (Å²) >= 11 is 0. The molecule has 36 heavy (non-hydrogen) atoms. The lowest BCUT2D eigenvalue weighted by molar-refractivity contribution is -0.870. The summed E-state index contributed by atoms with van der Waals surface area (Å²) in [7, 11) is 1.61. The number of rotatable bonds is 25. The van der Waals surface area contributed by atoms with Gasteiger partial charge in [-0.05, 0) is 12.8 Å². The monoisotopic (exact) mass is 537 g/mol. The normalized spacial score (nSPS) is 15.4. The smallest absolute Gasteiger partial charge is 0.391 e. The van der Waals surface area contributed by atoms with Crippen LogP contribution in [0.5, 0.6) is 0 Å². The standard InChI is InChI=1S/C27H57N2O6P/c1-6-8-10-12-13-14-15-16-17-18-20-26(30)25(28-27(31)21-19-11-9-7-2)24-35-36(32,33)34-23-22-29(3,4)5/h25-26,30H,6-24H2,1-5H3,(H-,28,31,32,33)/p+1. The molecule has 0 aliphatic heterocycles. The van der Waals surface area contributed by atoms with Crippen molar-refractivity contribution in [2.75, 3.05) is 40.9 Å². The molecule has 9 heteroatoms. The van der Waals surface area contributed by atoms with Crippen LogP contribution in [0.3, 0.4) is 0 Å². The van der Waals surface area contributed by atoms with Crippen molar-refractivity contribution >= 4 is 13.7 Å². The minimum atomic E-state index is -4.27. The SMILES string of the molecule is CCCCCCCCCCCCC(O)C(COP(=O)(O)OCC[N+](C)(C)C)NC(=O)CCCCCC. The van der Waals surface area contributed by atoms with E-state index in [1.807, 2.05) is 21.1 Å². The van der Waals surface area contributed by atoms with Gasteiger partial charge in [-0.15, -0.1) is 0 Å². The second kappa shape index (κ2) is 21.4. The number of carbonyl (C=O) groups is 1. The van der Waals surface area contributed by atoms with E-state index < -0.39 is 20.0 Å². The molecular weight excluding hydrogens is 479 g/mol. The molecule has 0 bridgehead atoms. The van der Waals surface area contributed by atoms with E-state index >= 15 is 0 Å². The highest BCUT2D eigenvalue weighted by molar-refractivity contribution is 7.47. The second-order valence-corrected chi connectivity index (χ2v) is 12.6. The molecule has 3 N–H and O–H groups in total. The summed E-state index contributed by atoms with van der Waals surface area (Å²) in [5.74, 6) is -0.166. The van der Waals surface area contributed by atoms with Crippen molar-refractivity contribution in [2.24, 2.45) is 0 Å². The Kier molecular flexibility index (Phi) is 21.1. The van der Waals surface area contributed by atoms with Gasteiger partial charge in [0.2, 0.25) is 5.91 Å². The fourth-order valence-electron chi connectivity index (χ4n) is 3.92. The Morgan fingerprint density at radius 1 is 0.833 bits per heavy atom. The van der Waals surface area contributed by atoms with E-state index in [4.69, 9.17) is 9.05 Å². The zero-order chi connectivity index (χ0) is 27.3. The molecule has 0 aromatic heterocycles. The van der Waals surface area contributed by atoms with Crippen LogP contribution >= 0.6 is 7.82 Å². The lowest BCUT2D eigenvalue weighted by Crippen LogP contribution is -2.46. The van der Waals surface area contributed by atoms with Crippen LogP contribution in [0.15, 0.2) is 0 Å². The van der Waals surface area contributed by atoms with Gasteiger partial charge in [0.1, 0.15) is 13.2 Å². The van der Waals surface area contributed by atoms with Gasteiger partial charge in [-0.25, -0.2) is 4.57 Å². The lowest BCUT2D eigenvalue weighted by Gasteiger charge is -2.26. The Hall–Kier alpha value is -0.500. The van der Waals surface area contributed by atoms with Gasteiger partial charge in [0.15, 0.2) is 0 Å². The molecule has 3 unspecified atom stereocenters. The van der Waals surface area contributed by atoms with Gasteiger partial charge in [0.25, 0.3) is 0 Å². The molecule has 0 spiro atoms. The number of nitrogens with zero attached hydrogens (tertiary/aromatic N) is 1. The number of quaternary nitrogens is 1. The van der Waals surface area contributed by atoms with Crippen LogP contribution in [0, 0.1) is 0 Å². The van der Waals surface area contributed by atoms with Crippen molar-refractivity contribution in [3.8, 4) is 0 Å². The van der Waals surface area contributed by atoms with Crippen LogP contribution in [0.1, 0.15) is 117 Å². The molecule has 0 heterocycles. The van der Waals surface area contributed by atoms with Gasteiger partial charge in [0, 0.05) is 6.42 Å². The Labute approximate surface area is 221 Å².